The molecule has 2 unspecified atom stereocenters. The van der Waals surface area contributed by atoms with Crippen molar-refractivity contribution in [1.29, 1.82) is 0 Å². The van der Waals surface area contributed by atoms with E-state index in [4.69, 9.17) is 11.6 Å². The predicted molar refractivity (Wildman–Crippen MR) is 77.2 cm³/mol. The Morgan fingerprint density at radius 3 is 2.84 bits per heavy atom. The van der Waals surface area contributed by atoms with Gasteiger partial charge in [-0.2, -0.15) is 0 Å². The van der Waals surface area contributed by atoms with Crippen molar-refractivity contribution in [1.82, 2.24) is 14.9 Å². The predicted octanol–water partition coefficient (Wildman–Crippen LogP) is 3.42. The highest BCUT2D eigenvalue weighted by Crippen LogP contribution is 2.30. The van der Waals surface area contributed by atoms with Crippen LogP contribution in [0.15, 0.2) is 43.0 Å². The molecular weight excluding hydrogens is 258 g/mol. The van der Waals surface area contributed by atoms with Gasteiger partial charge in [0.15, 0.2) is 0 Å². The summed E-state index contributed by atoms with van der Waals surface area (Å²) in [6, 6.07) is 9.12. The lowest BCUT2D eigenvalue weighted by atomic mass is 10.1. The third-order valence-corrected chi connectivity index (χ3v) is 4.12. The fourth-order valence-electron chi connectivity index (χ4n) is 2.85. The molecule has 1 aliphatic carbocycles. The molecule has 2 aromatic rings. The van der Waals surface area contributed by atoms with Gasteiger partial charge in [-0.1, -0.05) is 23.7 Å². The van der Waals surface area contributed by atoms with Gasteiger partial charge in [-0.15, -0.1) is 0 Å². The number of rotatable bonds is 4. The zero-order chi connectivity index (χ0) is 13.1. The number of nitrogens with zero attached hydrogens (tertiary/aromatic N) is 2. The molecule has 1 aliphatic rings. The van der Waals surface area contributed by atoms with E-state index in [1.807, 2.05) is 24.7 Å². The van der Waals surface area contributed by atoms with Crippen molar-refractivity contribution < 1.29 is 0 Å². The van der Waals surface area contributed by atoms with Crippen molar-refractivity contribution in [3.05, 3.63) is 53.6 Å². The molecule has 0 aliphatic heterocycles. The molecule has 0 amide bonds. The van der Waals surface area contributed by atoms with Crippen LogP contribution in [-0.4, -0.2) is 15.6 Å². The van der Waals surface area contributed by atoms with Crippen molar-refractivity contribution >= 4 is 11.6 Å². The third-order valence-electron chi connectivity index (χ3n) is 3.87. The monoisotopic (exact) mass is 275 g/mol. The lowest BCUT2D eigenvalue weighted by Crippen LogP contribution is -2.33. The Labute approximate surface area is 118 Å². The van der Waals surface area contributed by atoms with E-state index in [1.165, 1.54) is 24.8 Å². The van der Waals surface area contributed by atoms with Gasteiger partial charge in [0.1, 0.15) is 0 Å². The van der Waals surface area contributed by atoms with Crippen molar-refractivity contribution in [2.45, 2.75) is 37.9 Å². The molecular formula is C15H18ClN3. The van der Waals surface area contributed by atoms with E-state index >= 15 is 0 Å². The largest absolute Gasteiger partial charge is 0.333 e. The maximum absolute atomic E-state index is 5.90. The highest BCUT2D eigenvalue weighted by atomic mass is 35.5. The normalized spacial score (nSPS) is 22.8. The van der Waals surface area contributed by atoms with Gasteiger partial charge < -0.3 is 9.88 Å². The summed E-state index contributed by atoms with van der Waals surface area (Å²) in [5, 5.41) is 4.46. The number of imidazole rings is 1. The van der Waals surface area contributed by atoms with Gasteiger partial charge in [0.2, 0.25) is 0 Å². The van der Waals surface area contributed by atoms with E-state index in [2.05, 4.69) is 33.2 Å². The maximum Gasteiger partial charge on any atom is 0.0949 e. The summed E-state index contributed by atoms with van der Waals surface area (Å²) in [6.07, 6.45) is 9.58. The molecule has 1 aromatic carbocycles. The van der Waals surface area contributed by atoms with Crippen LogP contribution in [0.2, 0.25) is 5.02 Å². The van der Waals surface area contributed by atoms with Gasteiger partial charge in [-0.3, -0.25) is 0 Å². The minimum absolute atomic E-state index is 0.532. The number of benzene rings is 1. The van der Waals surface area contributed by atoms with Crippen molar-refractivity contribution in [2.75, 3.05) is 0 Å². The van der Waals surface area contributed by atoms with Crippen LogP contribution in [0.3, 0.4) is 0 Å². The zero-order valence-electron chi connectivity index (χ0n) is 10.8. The lowest BCUT2D eigenvalue weighted by Gasteiger charge is -2.22. The molecule has 4 heteroatoms. The zero-order valence-corrected chi connectivity index (χ0v) is 11.6. The highest BCUT2D eigenvalue weighted by molar-refractivity contribution is 6.30. The average Bonchev–Trinajstić information content (AvgIpc) is 3.08. The summed E-state index contributed by atoms with van der Waals surface area (Å²) in [6.45, 7) is 0.896. The molecule has 0 saturated heterocycles. The van der Waals surface area contributed by atoms with Gasteiger partial charge in [-0.25, -0.2) is 4.98 Å². The SMILES string of the molecule is Clc1ccc(CNC2CCCC2n2ccnc2)cc1. The number of nitrogens with one attached hydrogen (secondary N) is 1. The van der Waals surface area contributed by atoms with Crippen LogP contribution < -0.4 is 5.32 Å². The van der Waals surface area contributed by atoms with E-state index in [0.717, 1.165) is 11.6 Å². The molecule has 1 fully saturated rings. The fourth-order valence-corrected chi connectivity index (χ4v) is 2.98. The molecule has 2 atom stereocenters. The number of hydrogen-bond acceptors (Lipinski definition) is 2. The van der Waals surface area contributed by atoms with Crippen LogP contribution in [0.4, 0.5) is 0 Å². The summed E-state index contributed by atoms with van der Waals surface area (Å²) >= 11 is 5.90. The van der Waals surface area contributed by atoms with Crippen LogP contribution in [0.25, 0.3) is 0 Å². The van der Waals surface area contributed by atoms with Crippen LogP contribution in [0, 0.1) is 0 Å². The molecule has 3 nitrogen and oxygen atoms in total. The lowest BCUT2D eigenvalue weighted by molar-refractivity contribution is 0.390. The Morgan fingerprint density at radius 2 is 2.11 bits per heavy atom. The minimum atomic E-state index is 0.532. The molecule has 0 spiro atoms. The van der Waals surface area contributed by atoms with Gasteiger partial charge >= 0.3 is 0 Å². The second kappa shape index (κ2) is 5.76. The smallest absolute Gasteiger partial charge is 0.0949 e. The van der Waals surface area contributed by atoms with E-state index < -0.39 is 0 Å². The Kier molecular flexibility index (Phi) is 3.85. The molecule has 1 aromatic heterocycles. The quantitative estimate of drug-likeness (QED) is 0.927. The molecule has 3 rings (SSSR count). The summed E-state index contributed by atoms with van der Waals surface area (Å²) < 4.78 is 2.23. The molecule has 19 heavy (non-hydrogen) atoms. The Morgan fingerprint density at radius 1 is 1.26 bits per heavy atom. The minimum Gasteiger partial charge on any atom is -0.333 e. The summed E-state index contributed by atoms with van der Waals surface area (Å²) in [7, 11) is 0. The van der Waals surface area contributed by atoms with Crippen LogP contribution in [-0.2, 0) is 6.54 Å². The van der Waals surface area contributed by atoms with Gasteiger partial charge in [0.25, 0.3) is 0 Å². The van der Waals surface area contributed by atoms with Gasteiger partial charge in [0, 0.05) is 36.0 Å². The molecule has 0 bridgehead atoms. The number of aromatic nitrogens is 2. The van der Waals surface area contributed by atoms with Crippen molar-refractivity contribution in [2.24, 2.45) is 0 Å². The molecule has 100 valence electrons. The highest BCUT2D eigenvalue weighted by Gasteiger charge is 2.27. The first-order valence-corrected chi connectivity index (χ1v) is 7.16. The van der Waals surface area contributed by atoms with Crippen molar-refractivity contribution in [3.8, 4) is 0 Å². The summed E-state index contributed by atoms with van der Waals surface area (Å²) in [5.41, 5.74) is 1.28. The standard InChI is InChI=1S/C15H18ClN3/c16-13-6-4-12(5-7-13)10-18-14-2-1-3-15(14)19-9-8-17-11-19/h4-9,11,14-15,18H,1-3,10H2. The van der Waals surface area contributed by atoms with Crippen LogP contribution in [0.1, 0.15) is 30.9 Å². The Balaban J connectivity index is 1.61. The van der Waals surface area contributed by atoms with Crippen molar-refractivity contribution in [3.63, 3.8) is 0 Å². The van der Waals surface area contributed by atoms with E-state index in [9.17, 15) is 0 Å². The van der Waals surface area contributed by atoms with Crippen LogP contribution >= 0.6 is 11.6 Å². The summed E-state index contributed by atoms with van der Waals surface area (Å²) in [4.78, 5) is 4.15. The maximum atomic E-state index is 5.90. The van der Waals surface area contributed by atoms with E-state index in [0.29, 0.717) is 12.1 Å². The first-order chi connectivity index (χ1) is 9.33. The second-order valence-electron chi connectivity index (χ2n) is 5.12. The first-order valence-electron chi connectivity index (χ1n) is 6.78. The molecule has 1 saturated carbocycles. The Bertz CT molecular complexity index is 507. The molecule has 1 heterocycles. The topological polar surface area (TPSA) is 29.9 Å². The molecule has 0 radical (unpaired) electrons. The van der Waals surface area contributed by atoms with Gasteiger partial charge in [0.05, 0.1) is 6.33 Å². The van der Waals surface area contributed by atoms with Crippen LogP contribution in [0.5, 0.6) is 0 Å². The average molecular weight is 276 g/mol. The third kappa shape index (κ3) is 2.99. The van der Waals surface area contributed by atoms with E-state index in [1.54, 1.807) is 0 Å². The first kappa shape index (κ1) is 12.7. The number of halogens is 1. The Hall–Kier alpha value is -1.32. The molecule has 1 N–H and O–H groups in total. The second-order valence-corrected chi connectivity index (χ2v) is 5.56. The van der Waals surface area contributed by atoms with Gasteiger partial charge in [-0.05, 0) is 37.0 Å². The fraction of sp³-hybridized carbons (Fsp3) is 0.400. The summed E-state index contributed by atoms with van der Waals surface area (Å²) in [5.74, 6) is 0. The van der Waals surface area contributed by atoms with E-state index in [-0.39, 0.29) is 0 Å². The number of hydrogen-bond donors (Lipinski definition) is 1.